The quantitative estimate of drug-likeness (QED) is 0.667. The molecular weight excluding hydrogens is 435 g/mol. The molecule has 1 unspecified atom stereocenters. The molecule has 1 atom stereocenters. The van der Waals surface area contributed by atoms with Crippen molar-refractivity contribution >= 4 is 29.3 Å². The van der Waals surface area contributed by atoms with Gasteiger partial charge in [0.25, 0.3) is 5.91 Å². The van der Waals surface area contributed by atoms with Crippen molar-refractivity contribution in [3.8, 4) is 0 Å². The van der Waals surface area contributed by atoms with Gasteiger partial charge in [0.2, 0.25) is 5.91 Å². The molecule has 33 heavy (non-hydrogen) atoms. The molecule has 11 heteroatoms. The topological polar surface area (TPSA) is 105 Å². The minimum absolute atomic E-state index is 0.0307. The fourth-order valence-electron chi connectivity index (χ4n) is 3.87. The largest absolute Gasteiger partial charge is 0.472 e. The van der Waals surface area contributed by atoms with Gasteiger partial charge in [-0.2, -0.15) is 0 Å². The maximum absolute atomic E-state index is 14.9. The summed E-state index contributed by atoms with van der Waals surface area (Å²) in [7, 11) is 1.47. The van der Waals surface area contributed by atoms with E-state index in [9.17, 15) is 18.8 Å². The third-order valence-corrected chi connectivity index (χ3v) is 5.63. The summed E-state index contributed by atoms with van der Waals surface area (Å²) >= 11 is 0. The summed E-state index contributed by atoms with van der Waals surface area (Å²) in [4.78, 5) is 41.1. The van der Waals surface area contributed by atoms with E-state index in [2.05, 4.69) is 5.32 Å². The Bertz CT molecular complexity index is 1010. The number of hydrogen-bond acceptors (Lipinski definition) is 7. The van der Waals surface area contributed by atoms with Gasteiger partial charge < -0.3 is 29.0 Å². The number of benzene rings is 1. The zero-order chi connectivity index (χ0) is 23.4. The lowest BCUT2D eigenvalue weighted by molar-refractivity contribution is -0.135. The van der Waals surface area contributed by atoms with Crippen molar-refractivity contribution in [2.45, 2.75) is 6.10 Å². The highest BCUT2D eigenvalue weighted by Gasteiger charge is 2.33. The predicted octanol–water partition coefficient (Wildman–Crippen LogP) is 1.47. The predicted molar refractivity (Wildman–Crippen MR) is 116 cm³/mol. The van der Waals surface area contributed by atoms with Crippen molar-refractivity contribution in [2.24, 2.45) is 0 Å². The third-order valence-electron chi connectivity index (χ3n) is 5.63. The van der Waals surface area contributed by atoms with Gasteiger partial charge in [-0.25, -0.2) is 9.18 Å². The van der Waals surface area contributed by atoms with E-state index in [1.54, 1.807) is 17.0 Å². The molecule has 3 amide bonds. The number of carbonyl (C=O) groups is 3. The Kier molecular flexibility index (Phi) is 6.78. The van der Waals surface area contributed by atoms with Crippen LogP contribution < -0.4 is 15.1 Å². The van der Waals surface area contributed by atoms with E-state index >= 15 is 0 Å². The monoisotopic (exact) mass is 460 g/mol. The Balaban J connectivity index is 1.33. The minimum atomic E-state index is -0.602. The molecule has 1 aromatic carbocycles. The lowest BCUT2D eigenvalue weighted by atomic mass is 10.2. The van der Waals surface area contributed by atoms with Crippen LogP contribution in [0.25, 0.3) is 0 Å². The number of amides is 3. The number of methoxy groups -OCH3 is 1. The van der Waals surface area contributed by atoms with Crippen molar-refractivity contribution in [3.63, 3.8) is 0 Å². The average molecular weight is 460 g/mol. The van der Waals surface area contributed by atoms with Crippen LogP contribution in [0.4, 0.5) is 20.6 Å². The van der Waals surface area contributed by atoms with Crippen LogP contribution in [0.15, 0.2) is 41.2 Å². The van der Waals surface area contributed by atoms with Gasteiger partial charge in [0.05, 0.1) is 36.3 Å². The molecule has 2 saturated heterocycles. The summed E-state index contributed by atoms with van der Waals surface area (Å²) in [6.45, 7) is 2.29. The van der Waals surface area contributed by atoms with E-state index < -0.39 is 18.0 Å². The number of rotatable bonds is 7. The molecule has 0 bridgehead atoms. The summed E-state index contributed by atoms with van der Waals surface area (Å²) in [6.07, 6.45) is 1.55. The maximum Gasteiger partial charge on any atom is 0.414 e. The molecule has 3 heterocycles. The normalized spacial score (nSPS) is 18.4. The fourth-order valence-corrected chi connectivity index (χ4v) is 3.87. The van der Waals surface area contributed by atoms with Crippen LogP contribution in [0.2, 0.25) is 0 Å². The van der Waals surface area contributed by atoms with Crippen LogP contribution in [-0.2, 0) is 14.3 Å². The second-order valence-electron chi connectivity index (χ2n) is 7.77. The lowest BCUT2D eigenvalue weighted by Crippen LogP contribution is -2.50. The van der Waals surface area contributed by atoms with Gasteiger partial charge in [-0.3, -0.25) is 14.5 Å². The number of ether oxygens (including phenoxy) is 2. The van der Waals surface area contributed by atoms with Crippen molar-refractivity contribution in [3.05, 3.63) is 48.2 Å². The molecular formula is C22H25FN4O6. The first kappa shape index (κ1) is 22.6. The number of nitrogens with one attached hydrogen (secondary N) is 1. The second-order valence-corrected chi connectivity index (χ2v) is 7.77. The number of cyclic esters (lactones) is 1. The van der Waals surface area contributed by atoms with E-state index in [-0.39, 0.29) is 31.5 Å². The molecule has 176 valence electrons. The number of carbonyl (C=O) groups excluding carboxylic acids is 3. The molecule has 2 fully saturated rings. The Hall–Kier alpha value is -3.60. The second kappa shape index (κ2) is 9.90. The van der Waals surface area contributed by atoms with Crippen molar-refractivity contribution in [1.29, 1.82) is 0 Å². The molecule has 1 aromatic heterocycles. The summed E-state index contributed by atoms with van der Waals surface area (Å²) in [6, 6.07) is 6.11. The summed E-state index contributed by atoms with van der Waals surface area (Å²) in [5.41, 5.74) is 1.16. The molecule has 1 N–H and O–H groups in total. The SMILES string of the molecule is COCC(=O)N1CCN(c2ccc(N3CC(CNC(=O)c4ccoc4)OC3=O)cc2F)CC1. The van der Waals surface area contributed by atoms with E-state index in [1.807, 2.05) is 4.90 Å². The average Bonchev–Trinajstić information content (AvgIpc) is 3.48. The highest BCUT2D eigenvalue weighted by molar-refractivity contribution is 5.94. The molecule has 0 spiro atoms. The Morgan fingerprint density at radius 3 is 2.67 bits per heavy atom. The van der Waals surface area contributed by atoms with Crippen LogP contribution >= 0.6 is 0 Å². The van der Waals surface area contributed by atoms with E-state index in [0.29, 0.717) is 43.1 Å². The van der Waals surface area contributed by atoms with Crippen molar-refractivity contribution in [1.82, 2.24) is 10.2 Å². The lowest BCUT2D eigenvalue weighted by Gasteiger charge is -2.36. The van der Waals surface area contributed by atoms with Gasteiger partial charge in [0, 0.05) is 33.3 Å². The van der Waals surface area contributed by atoms with E-state index in [0.717, 1.165) is 0 Å². The van der Waals surface area contributed by atoms with Gasteiger partial charge in [0.1, 0.15) is 24.8 Å². The van der Waals surface area contributed by atoms with Gasteiger partial charge >= 0.3 is 6.09 Å². The fraction of sp³-hybridized carbons (Fsp3) is 0.409. The highest BCUT2D eigenvalue weighted by Crippen LogP contribution is 2.28. The molecule has 2 aliphatic heterocycles. The number of anilines is 2. The molecule has 4 rings (SSSR count). The van der Waals surface area contributed by atoms with Crippen LogP contribution in [-0.4, -0.2) is 81.9 Å². The first-order chi connectivity index (χ1) is 16.0. The Morgan fingerprint density at radius 1 is 1.21 bits per heavy atom. The van der Waals surface area contributed by atoms with E-state index in [1.165, 1.54) is 36.7 Å². The number of piperazine rings is 1. The molecule has 0 aliphatic carbocycles. The van der Waals surface area contributed by atoms with Crippen molar-refractivity contribution < 1.29 is 32.7 Å². The number of nitrogens with zero attached hydrogens (tertiary/aromatic N) is 3. The summed E-state index contributed by atoms with van der Waals surface area (Å²) < 4.78 is 30.0. The van der Waals surface area contributed by atoms with Gasteiger partial charge in [-0.1, -0.05) is 0 Å². The number of halogens is 1. The first-order valence-electron chi connectivity index (χ1n) is 10.6. The third kappa shape index (κ3) is 5.08. The molecule has 10 nitrogen and oxygen atoms in total. The molecule has 2 aliphatic rings. The molecule has 2 aromatic rings. The van der Waals surface area contributed by atoms with Crippen molar-refractivity contribution in [2.75, 3.05) is 62.8 Å². The first-order valence-corrected chi connectivity index (χ1v) is 10.6. The zero-order valence-corrected chi connectivity index (χ0v) is 18.2. The van der Waals surface area contributed by atoms with Crippen LogP contribution in [0.1, 0.15) is 10.4 Å². The smallest absolute Gasteiger partial charge is 0.414 e. The molecule has 0 radical (unpaired) electrons. The van der Waals surface area contributed by atoms with Gasteiger partial charge in [0.15, 0.2) is 0 Å². The van der Waals surface area contributed by atoms with E-state index in [4.69, 9.17) is 13.9 Å². The maximum atomic E-state index is 14.9. The Labute approximate surface area is 189 Å². The number of furan rings is 1. The van der Waals surface area contributed by atoms with Crippen LogP contribution in [0.5, 0.6) is 0 Å². The van der Waals surface area contributed by atoms with Crippen LogP contribution in [0, 0.1) is 5.82 Å². The molecule has 0 saturated carbocycles. The minimum Gasteiger partial charge on any atom is -0.472 e. The summed E-state index contributed by atoms with van der Waals surface area (Å²) in [5, 5.41) is 2.68. The van der Waals surface area contributed by atoms with Crippen LogP contribution in [0.3, 0.4) is 0 Å². The van der Waals surface area contributed by atoms with Gasteiger partial charge in [-0.15, -0.1) is 0 Å². The van der Waals surface area contributed by atoms with Gasteiger partial charge in [-0.05, 0) is 24.3 Å². The summed E-state index contributed by atoms with van der Waals surface area (Å²) in [5.74, 6) is -0.887. The zero-order valence-electron chi connectivity index (χ0n) is 18.2. The Morgan fingerprint density at radius 2 is 2.00 bits per heavy atom. The standard InChI is InChI=1S/C22H25FN4O6/c1-31-14-20(28)26-7-5-25(6-8-26)19-3-2-16(10-18(19)23)27-12-17(33-22(27)30)11-24-21(29)15-4-9-32-13-15/h2-4,9-10,13,17H,5-8,11-12,14H2,1H3,(H,24,29). The number of hydrogen-bond donors (Lipinski definition) is 1. The highest BCUT2D eigenvalue weighted by atomic mass is 19.1.